The molecule has 5 rings (SSSR count). The van der Waals surface area contributed by atoms with Crippen LogP contribution >= 0.6 is 11.8 Å². The molecule has 4 aromatic rings. The van der Waals surface area contributed by atoms with Crippen LogP contribution in [0.1, 0.15) is 55.1 Å². The van der Waals surface area contributed by atoms with Crippen LogP contribution in [0.4, 0.5) is 0 Å². The Morgan fingerprint density at radius 2 is 1.94 bits per heavy atom. The molecule has 9 heteroatoms. The van der Waals surface area contributed by atoms with Crippen molar-refractivity contribution in [2.24, 2.45) is 0 Å². The largest absolute Gasteiger partial charge is 0.467 e. The van der Waals surface area contributed by atoms with Gasteiger partial charge in [-0.3, -0.25) is 19.3 Å². The van der Waals surface area contributed by atoms with Gasteiger partial charge in [-0.05, 0) is 60.9 Å². The van der Waals surface area contributed by atoms with E-state index in [1.165, 1.54) is 18.4 Å². The number of rotatable bonds is 8. The number of fused-ring (bicyclic) bond motifs is 2. The summed E-state index contributed by atoms with van der Waals surface area (Å²) in [5.74, 6) is 0.849. The number of furan rings is 1. The zero-order valence-corrected chi connectivity index (χ0v) is 19.2. The van der Waals surface area contributed by atoms with Gasteiger partial charge >= 0.3 is 0 Å². The third kappa shape index (κ3) is 4.10. The van der Waals surface area contributed by atoms with E-state index < -0.39 is 11.8 Å². The van der Waals surface area contributed by atoms with Crippen LogP contribution in [0.5, 0.6) is 0 Å². The number of benzene rings is 2. The van der Waals surface area contributed by atoms with Crippen LogP contribution in [0.3, 0.4) is 0 Å². The summed E-state index contributed by atoms with van der Waals surface area (Å²) in [6, 6.07) is 15.4. The number of hydrogen-bond acceptors (Lipinski definition) is 6. The molecule has 0 aliphatic carbocycles. The minimum Gasteiger partial charge on any atom is -0.467 e. The fraction of sp³-hybridized carbons (Fsp3) is 0.200. The fourth-order valence-electron chi connectivity index (χ4n) is 4.03. The van der Waals surface area contributed by atoms with E-state index >= 15 is 0 Å². The predicted molar refractivity (Wildman–Crippen MR) is 129 cm³/mol. The Morgan fingerprint density at radius 3 is 2.71 bits per heavy atom. The molecule has 2 aromatic heterocycles. The quantitative estimate of drug-likeness (QED) is 0.371. The van der Waals surface area contributed by atoms with Gasteiger partial charge in [0, 0.05) is 5.56 Å². The molecule has 8 nitrogen and oxygen atoms in total. The van der Waals surface area contributed by atoms with Gasteiger partial charge in [0.15, 0.2) is 0 Å². The topological polar surface area (TPSA) is 108 Å². The number of nitrogens with one attached hydrogen (secondary N) is 2. The summed E-state index contributed by atoms with van der Waals surface area (Å²) in [6.07, 6.45) is 4.19. The lowest BCUT2D eigenvalue weighted by molar-refractivity contribution is 0.0631. The van der Waals surface area contributed by atoms with Crippen LogP contribution in [0.2, 0.25) is 0 Å². The molecule has 1 unspecified atom stereocenters. The van der Waals surface area contributed by atoms with Gasteiger partial charge in [-0.15, -0.1) is 0 Å². The van der Waals surface area contributed by atoms with E-state index in [9.17, 15) is 14.4 Å². The Bertz CT molecular complexity index is 1350. The first-order valence-corrected chi connectivity index (χ1v) is 12.2. The first-order valence-electron chi connectivity index (χ1n) is 10.8. The lowest BCUT2D eigenvalue weighted by atomic mass is 10.0. The van der Waals surface area contributed by atoms with Crippen LogP contribution in [-0.2, 0) is 6.54 Å². The first-order chi connectivity index (χ1) is 16.5. The van der Waals surface area contributed by atoms with Crippen molar-refractivity contribution in [1.82, 2.24) is 20.2 Å². The average Bonchev–Trinajstić information content (AvgIpc) is 3.57. The monoisotopic (exact) mass is 474 g/mol. The number of aromatic amines is 1. The number of para-hydroxylation sites is 2. The number of hydrogen-bond donors (Lipinski definition) is 2. The minimum absolute atomic E-state index is 0.0453. The molecule has 1 atom stereocenters. The van der Waals surface area contributed by atoms with Gasteiger partial charge in [0.2, 0.25) is 0 Å². The summed E-state index contributed by atoms with van der Waals surface area (Å²) >= 11 is 1.68. The Morgan fingerprint density at radius 1 is 1.12 bits per heavy atom. The summed E-state index contributed by atoms with van der Waals surface area (Å²) in [7, 11) is 0. The van der Waals surface area contributed by atoms with E-state index in [0.717, 1.165) is 21.7 Å². The van der Waals surface area contributed by atoms with Gasteiger partial charge in [-0.1, -0.05) is 12.1 Å². The molecule has 2 aromatic carbocycles. The van der Waals surface area contributed by atoms with Crippen molar-refractivity contribution >= 4 is 40.5 Å². The maximum atomic E-state index is 13.1. The number of H-pyrrole nitrogens is 1. The molecule has 0 fully saturated rings. The van der Waals surface area contributed by atoms with Crippen molar-refractivity contribution in [2.45, 2.75) is 19.0 Å². The van der Waals surface area contributed by atoms with E-state index in [1.807, 2.05) is 30.5 Å². The predicted octanol–water partition coefficient (Wildman–Crippen LogP) is 4.18. The number of carbonyl (C=O) groups excluding carboxylic acids is 3. The second-order valence-corrected chi connectivity index (χ2v) is 8.97. The molecule has 0 bridgehead atoms. The Balaban J connectivity index is 1.37. The number of imide groups is 1. The summed E-state index contributed by atoms with van der Waals surface area (Å²) < 4.78 is 5.27. The minimum atomic E-state index is -0.442. The van der Waals surface area contributed by atoms with Gasteiger partial charge in [0.25, 0.3) is 17.7 Å². The second kappa shape index (κ2) is 9.18. The van der Waals surface area contributed by atoms with Crippen molar-refractivity contribution < 1.29 is 18.8 Å². The highest BCUT2D eigenvalue weighted by Gasteiger charge is 2.36. The van der Waals surface area contributed by atoms with Crippen LogP contribution in [0.15, 0.2) is 65.3 Å². The smallest absolute Gasteiger partial charge is 0.261 e. The van der Waals surface area contributed by atoms with Crippen molar-refractivity contribution in [3.8, 4) is 0 Å². The molecule has 172 valence electrons. The summed E-state index contributed by atoms with van der Waals surface area (Å²) in [5.41, 5.74) is 2.54. The highest BCUT2D eigenvalue weighted by molar-refractivity contribution is 7.98. The van der Waals surface area contributed by atoms with Crippen LogP contribution in [-0.4, -0.2) is 44.6 Å². The molecule has 0 spiro atoms. The molecule has 0 saturated carbocycles. The van der Waals surface area contributed by atoms with Crippen molar-refractivity contribution in [1.29, 1.82) is 0 Å². The van der Waals surface area contributed by atoms with E-state index in [1.54, 1.807) is 30.0 Å². The first kappa shape index (κ1) is 22.0. The molecule has 1 aliphatic heterocycles. The van der Waals surface area contributed by atoms with Gasteiger partial charge < -0.3 is 14.7 Å². The van der Waals surface area contributed by atoms with E-state index in [0.29, 0.717) is 23.6 Å². The highest BCUT2D eigenvalue weighted by Crippen LogP contribution is 2.27. The van der Waals surface area contributed by atoms with Gasteiger partial charge in [0.1, 0.15) is 11.6 Å². The summed E-state index contributed by atoms with van der Waals surface area (Å²) in [6.45, 7) is 0.0453. The average molecular weight is 475 g/mol. The molecule has 3 heterocycles. The number of carbonyl (C=O) groups is 3. The Kier molecular flexibility index (Phi) is 5.93. The van der Waals surface area contributed by atoms with Gasteiger partial charge in [-0.25, -0.2) is 4.98 Å². The standard InChI is InChI=1S/C25H22N4O4S/c1-34-12-10-21(22-26-19-6-2-3-7-20(19)27-22)28-23(30)15-8-9-17-18(13-15)25(32)29(24(17)31)14-16-5-4-11-33-16/h2-9,11,13,21H,10,12,14H2,1H3,(H,26,27)(H,28,30). The Hall–Kier alpha value is -3.85. The van der Waals surface area contributed by atoms with Gasteiger partial charge in [0.05, 0.1) is 41.0 Å². The zero-order valence-electron chi connectivity index (χ0n) is 18.4. The zero-order chi connectivity index (χ0) is 23.7. The molecule has 0 radical (unpaired) electrons. The summed E-state index contributed by atoms with van der Waals surface area (Å²) in [4.78, 5) is 47.8. The maximum Gasteiger partial charge on any atom is 0.261 e. The highest BCUT2D eigenvalue weighted by atomic mass is 32.2. The van der Waals surface area contributed by atoms with Crippen LogP contribution in [0, 0.1) is 0 Å². The van der Waals surface area contributed by atoms with E-state index in [-0.39, 0.29) is 29.6 Å². The molecule has 0 saturated heterocycles. The molecular formula is C25H22N4O4S. The van der Waals surface area contributed by atoms with Gasteiger partial charge in [-0.2, -0.15) is 11.8 Å². The second-order valence-electron chi connectivity index (χ2n) is 7.98. The lowest BCUT2D eigenvalue weighted by Gasteiger charge is -2.16. The molecule has 3 amide bonds. The SMILES string of the molecule is CSCCC(NC(=O)c1ccc2c(c1)C(=O)N(Cc1ccco1)C2=O)c1nc2ccccc2[nH]1. The van der Waals surface area contributed by atoms with Crippen molar-refractivity contribution in [3.63, 3.8) is 0 Å². The third-order valence-corrected chi connectivity index (χ3v) is 6.42. The van der Waals surface area contributed by atoms with Crippen LogP contribution < -0.4 is 5.32 Å². The number of thioether (sulfide) groups is 1. The maximum absolute atomic E-state index is 13.1. The number of imidazole rings is 1. The van der Waals surface area contributed by atoms with E-state index in [2.05, 4.69) is 15.3 Å². The molecule has 34 heavy (non-hydrogen) atoms. The lowest BCUT2D eigenvalue weighted by Crippen LogP contribution is -2.30. The summed E-state index contributed by atoms with van der Waals surface area (Å²) in [5, 5.41) is 3.04. The number of nitrogens with zero attached hydrogens (tertiary/aromatic N) is 2. The fourth-order valence-corrected chi connectivity index (χ4v) is 4.50. The Labute approximate surface area is 199 Å². The number of amides is 3. The normalized spacial score (nSPS) is 14.0. The van der Waals surface area contributed by atoms with Crippen molar-refractivity contribution in [2.75, 3.05) is 12.0 Å². The molecule has 1 aliphatic rings. The van der Waals surface area contributed by atoms with E-state index in [4.69, 9.17) is 4.42 Å². The number of aromatic nitrogens is 2. The van der Waals surface area contributed by atoms with Crippen molar-refractivity contribution in [3.05, 3.63) is 89.1 Å². The molecular weight excluding hydrogens is 452 g/mol. The third-order valence-electron chi connectivity index (χ3n) is 5.78. The van der Waals surface area contributed by atoms with Crippen LogP contribution in [0.25, 0.3) is 11.0 Å². The molecule has 2 N–H and O–H groups in total.